The highest BCUT2D eigenvalue weighted by atomic mass is 16.2. The molecule has 0 saturated carbocycles. The minimum Gasteiger partial charge on any atom is -0.367 e. The Kier molecular flexibility index (Phi) is 4.70. The summed E-state index contributed by atoms with van der Waals surface area (Å²) < 4.78 is 0. The number of nitrogens with zero attached hydrogens (tertiary/aromatic N) is 1. The van der Waals surface area contributed by atoms with Crippen LogP contribution in [0, 0.1) is 0 Å². The van der Waals surface area contributed by atoms with E-state index in [1.54, 1.807) is 14.1 Å². The molecule has 0 atom stereocenters. The second-order valence-corrected chi connectivity index (χ2v) is 3.52. The molecule has 5 nitrogen and oxygen atoms in total. The minimum absolute atomic E-state index is 0.0570. The molecule has 0 aliphatic rings. The van der Waals surface area contributed by atoms with Crippen molar-refractivity contribution >= 4 is 6.03 Å². The number of aromatic nitrogens is 1. The molecular formula is C10H18N4O. The molecule has 2 amide bonds. The number of rotatable bonds is 5. The number of carbonyl (C=O) groups excluding carboxylic acids is 1. The fourth-order valence-corrected chi connectivity index (χ4v) is 1.12. The van der Waals surface area contributed by atoms with Gasteiger partial charge in [0.15, 0.2) is 0 Å². The van der Waals surface area contributed by atoms with Crippen LogP contribution in [-0.2, 0) is 6.54 Å². The molecule has 0 spiro atoms. The maximum atomic E-state index is 11.1. The van der Waals surface area contributed by atoms with Gasteiger partial charge in [0.1, 0.15) is 0 Å². The first-order chi connectivity index (χ1) is 7.20. The molecule has 3 N–H and O–H groups in total. The summed E-state index contributed by atoms with van der Waals surface area (Å²) >= 11 is 0. The van der Waals surface area contributed by atoms with E-state index in [4.69, 9.17) is 0 Å². The third-order valence-corrected chi connectivity index (χ3v) is 1.98. The van der Waals surface area contributed by atoms with Crippen LogP contribution in [-0.4, -0.2) is 43.1 Å². The number of nitrogens with one attached hydrogen (secondary N) is 3. The van der Waals surface area contributed by atoms with E-state index in [1.165, 1.54) is 10.5 Å². The van der Waals surface area contributed by atoms with Crippen molar-refractivity contribution < 1.29 is 4.79 Å². The lowest BCUT2D eigenvalue weighted by molar-refractivity contribution is 0.217. The van der Waals surface area contributed by atoms with E-state index in [2.05, 4.69) is 15.6 Å². The summed E-state index contributed by atoms with van der Waals surface area (Å²) in [7, 11) is 3.45. The molecule has 0 unspecified atom stereocenters. The fourth-order valence-electron chi connectivity index (χ4n) is 1.12. The van der Waals surface area contributed by atoms with E-state index in [0.717, 1.165) is 13.1 Å². The largest absolute Gasteiger partial charge is 0.367 e. The summed E-state index contributed by atoms with van der Waals surface area (Å²) in [5.74, 6) is 0. The SMILES string of the molecule is CN(C)C(=O)NCCNCc1cc[nH]c1. The minimum atomic E-state index is -0.0570. The maximum Gasteiger partial charge on any atom is 0.316 e. The van der Waals surface area contributed by atoms with Gasteiger partial charge in [0.25, 0.3) is 0 Å². The van der Waals surface area contributed by atoms with Crippen LogP contribution in [0.2, 0.25) is 0 Å². The Balaban J connectivity index is 2.00. The Hall–Kier alpha value is -1.49. The van der Waals surface area contributed by atoms with Gasteiger partial charge in [-0.25, -0.2) is 4.79 Å². The van der Waals surface area contributed by atoms with Gasteiger partial charge in [-0.1, -0.05) is 0 Å². The van der Waals surface area contributed by atoms with Gasteiger partial charge in [-0.05, 0) is 11.6 Å². The normalized spacial score (nSPS) is 10.0. The Morgan fingerprint density at radius 2 is 2.27 bits per heavy atom. The average molecular weight is 210 g/mol. The van der Waals surface area contributed by atoms with Gasteiger partial charge in [-0.2, -0.15) is 0 Å². The van der Waals surface area contributed by atoms with Crippen molar-refractivity contribution in [3.8, 4) is 0 Å². The number of hydrogen-bond acceptors (Lipinski definition) is 2. The van der Waals surface area contributed by atoms with Crippen molar-refractivity contribution in [2.45, 2.75) is 6.54 Å². The first kappa shape index (κ1) is 11.6. The molecule has 15 heavy (non-hydrogen) atoms. The summed E-state index contributed by atoms with van der Waals surface area (Å²) in [5.41, 5.74) is 1.22. The second-order valence-electron chi connectivity index (χ2n) is 3.52. The van der Waals surface area contributed by atoms with Crippen molar-refractivity contribution in [1.29, 1.82) is 0 Å². The quantitative estimate of drug-likeness (QED) is 0.615. The molecule has 1 rings (SSSR count). The van der Waals surface area contributed by atoms with Crippen LogP contribution in [0.25, 0.3) is 0 Å². The molecule has 0 radical (unpaired) electrons. The zero-order valence-corrected chi connectivity index (χ0v) is 9.21. The smallest absolute Gasteiger partial charge is 0.316 e. The zero-order valence-electron chi connectivity index (χ0n) is 9.21. The standard InChI is InChI=1S/C10H18N4O/c1-14(2)10(15)13-6-5-12-8-9-3-4-11-7-9/h3-4,7,11-12H,5-6,8H2,1-2H3,(H,13,15). The molecule has 0 bridgehead atoms. The Bertz CT molecular complexity index is 282. The van der Waals surface area contributed by atoms with Gasteiger partial charge >= 0.3 is 6.03 Å². The Morgan fingerprint density at radius 3 is 2.87 bits per heavy atom. The van der Waals surface area contributed by atoms with Crippen molar-refractivity contribution in [2.24, 2.45) is 0 Å². The summed E-state index contributed by atoms with van der Waals surface area (Å²) in [4.78, 5) is 15.6. The number of carbonyl (C=O) groups is 1. The number of aromatic amines is 1. The van der Waals surface area contributed by atoms with Gasteiger partial charge in [-0.15, -0.1) is 0 Å². The number of amides is 2. The predicted molar refractivity (Wildman–Crippen MR) is 59.6 cm³/mol. The molecule has 84 valence electrons. The molecule has 0 aliphatic heterocycles. The highest BCUT2D eigenvalue weighted by Gasteiger charge is 2.00. The lowest BCUT2D eigenvalue weighted by Crippen LogP contribution is -2.38. The van der Waals surface area contributed by atoms with Crippen LogP contribution in [0.1, 0.15) is 5.56 Å². The maximum absolute atomic E-state index is 11.1. The van der Waals surface area contributed by atoms with Crippen molar-refractivity contribution in [3.63, 3.8) is 0 Å². The van der Waals surface area contributed by atoms with E-state index in [9.17, 15) is 4.79 Å². The number of hydrogen-bond donors (Lipinski definition) is 3. The first-order valence-corrected chi connectivity index (χ1v) is 4.97. The highest BCUT2D eigenvalue weighted by Crippen LogP contribution is 1.93. The molecular weight excluding hydrogens is 192 g/mol. The van der Waals surface area contributed by atoms with Crippen LogP contribution in [0.4, 0.5) is 4.79 Å². The lowest BCUT2D eigenvalue weighted by atomic mass is 10.3. The molecule has 0 aromatic carbocycles. The van der Waals surface area contributed by atoms with E-state index < -0.39 is 0 Å². The molecule has 0 saturated heterocycles. The fraction of sp³-hybridized carbons (Fsp3) is 0.500. The molecule has 1 aromatic heterocycles. The Labute approximate surface area is 89.9 Å². The Morgan fingerprint density at radius 1 is 1.47 bits per heavy atom. The van der Waals surface area contributed by atoms with Crippen molar-refractivity contribution in [3.05, 3.63) is 24.0 Å². The third kappa shape index (κ3) is 4.51. The van der Waals surface area contributed by atoms with Crippen LogP contribution >= 0.6 is 0 Å². The molecule has 0 fully saturated rings. The second kappa shape index (κ2) is 6.08. The van der Waals surface area contributed by atoms with Gasteiger partial charge < -0.3 is 20.5 Å². The van der Waals surface area contributed by atoms with Crippen LogP contribution in [0.5, 0.6) is 0 Å². The van der Waals surface area contributed by atoms with Crippen LogP contribution in [0.15, 0.2) is 18.5 Å². The summed E-state index contributed by atoms with van der Waals surface area (Å²) in [6.07, 6.45) is 3.84. The van der Waals surface area contributed by atoms with Crippen molar-refractivity contribution in [1.82, 2.24) is 20.5 Å². The monoisotopic (exact) mass is 210 g/mol. The van der Waals surface area contributed by atoms with Crippen LogP contribution in [0.3, 0.4) is 0 Å². The van der Waals surface area contributed by atoms with Gasteiger partial charge in [0, 0.05) is 46.1 Å². The number of urea groups is 1. The molecule has 0 aliphatic carbocycles. The van der Waals surface area contributed by atoms with E-state index in [1.807, 2.05) is 18.5 Å². The van der Waals surface area contributed by atoms with Gasteiger partial charge in [0.05, 0.1) is 0 Å². The molecule has 5 heteroatoms. The third-order valence-electron chi connectivity index (χ3n) is 1.98. The highest BCUT2D eigenvalue weighted by molar-refractivity contribution is 5.73. The lowest BCUT2D eigenvalue weighted by Gasteiger charge is -2.11. The van der Waals surface area contributed by atoms with E-state index >= 15 is 0 Å². The summed E-state index contributed by atoms with van der Waals surface area (Å²) in [6.45, 7) is 2.23. The van der Waals surface area contributed by atoms with Gasteiger partial charge in [0.2, 0.25) is 0 Å². The average Bonchev–Trinajstić information content (AvgIpc) is 2.69. The van der Waals surface area contributed by atoms with Gasteiger partial charge in [-0.3, -0.25) is 0 Å². The summed E-state index contributed by atoms with van der Waals surface area (Å²) in [6, 6.07) is 1.96. The number of H-pyrrole nitrogens is 1. The summed E-state index contributed by atoms with van der Waals surface area (Å²) in [5, 5.41) is 6.01. The first-order valence-electron chi connectivity index (χ1n) is 4.97. The van der Waals surface area contributed by atoms with E-state index in [0.29, 0.717) is 6.54 Å². The van der Waals surface area contributed by atoms with Crippen LogP contribution < -0.4 is 10.6 Å². The molecule has 1 heterocycles. The van der Waals surface area contributed by atoms with E-state index in [-0.39, 0.29) is 6.03 Å². The molecule has 1 aromatic rings. The predicted octanol–water partition coefficient (Wildman–Crippen LogP) is 0.376. The van der Waals surface area contributed by atoms with Crippen molar-refractivity contribution in [2.75, 3.05) is 27.2 Å². The topological polar surface area (TPSA) is 60.2 Å². The zero-order chi connectivity index (χ0) is 11.1.